The highest BCUT2D eigenvalue weighted by atomic mass is 32.2. The van der Waals surface area contributed by atoms with Crippen molar-refractivity contribution in [1.29, 1.82) is 0 Å². The van der Waals surface area contributed by atoms with Crippen molar-refractivity contribution in [1.82, 2.24) is 0 Å². The monoisotopic (exact) mass is 436 g/mol. The third-order valence-corrected chi connectivity index (χ3v) is 7.10. The smallest absolute Gasteiger partial charge is 0.303 e. The number of carbonyl (C=O) groups excluding carboxylic acids is 3. The lowest BCUT2D eigenvalue weighted by Gasteiger charge is -2.34. The van der Waals surface area contributed by atoms with Crippen molar-refractivity contribution in [3.63, 3.8) is 0 Å². The second-order valence-electron chi connectivity index (χ2n) is 7.05. The number of hydrogen-bond donors (Lipinski definition) is 0. The molecule has 2 fully saturated rings. The summed E-state index contributed by atoms with van der Waals surface area (Å²) in [4.78, 5) is 34.7. The third kappa shape index (κ3) is 6.82. The molecule has 2 aliphatic heterocycles. The molecule has 0 aromatic carbocycles. The molecule has 0 unspecified atom stereocenters. The Kier molecular flexibility index (Phi) is 8.47. The van der Waals surface area contributed by atoms with E-state index >= 15 is 0 Å². The van der Waals surface area contributed by atoms with Gasteiger partial charge in [-0.3, -0.25) is 14.4 Å². The van der Waals surface area contributed by atoms with Crippen LogP contribution < -0.4 is 0 Å². The Hall–Kier alpha value is -0.970. The van der Waals surface area contributed by atoms with Crippen molar-refractivity contribution in [2.75, 3.05) is 18.1 Å². The summed E-state index contributed by atoms with van der Waals surface area (Å²) in [6.07, 6.45) is -1.93. The zero-order chi connectivity index (χ0) is 20.9. The van der Waals surface area contributed by atoms with Crippen molar-refractivity contribution >= 4 is 41.4 Å². The van der Waals surface area contributed by atoms with Crippen LogP contribution in [-0.2, 0) is 38.1 Å². The number of ether oxygens (including phenoxy) is 5. The van der Waals surface area contributed by atoms with Gasteiger partial charge in [-0.05, 0) is 31.8 Å². The van der Waals surface area contributed by atoms with E-state index in [9.17, 15) is 14.4 Å². The number of rotatable bonds is 7. The number of thioether (sulfide) groups is 2. The van der Waals surface area contributed by atoms with Gasteiger partial charge < -0.3 is 23.7 Å². The molecule has 0 aromatic rings. The van der Waals surface area contributed by atoms with E-state index in [-0.39, 0.29) is 17.3 Å². The molecule has 2 heterocycles. The molecule has 0 radical (unpaired) electrons. The first-order valence-corrected chi connectivity index (χ1v) is 11.3. The number of hydrogen-bond acceptors (Lipinski definition) is 10. The molecule has 0 spiro atoms. The predicted octanol–water partition coefficient (Wildman–Crippen LogP) is 2.13. The molecule has 28 heavy (non-hydrogen) atoms. The van der Waals surface area contributed by atoms with Crippen LogP contribution in [0.4, 0.5) is 0 Å². The molecule has 0 saturated carbocycles. The minimum absolute atomic E-state index is 0.0882. The van der Waals surface area contributed by atoms with E-state index in [0.29, 0.717) is 0 Å². The van der Waals surface area contributed by atoms with Gasteiger partial charge in [0.25, 0.3) is 0 Å². The van der Waals surface area contributed by atoms with E-state index < -0.39 is 42.0 Å². The van der Waals surface area contributed by atoms with E-state index in [1.807, 2.05) is 0 Å². The lowest BCUT2D eigenvalue weighted by atomic mass is 10.0. The summed E-state index contributed by atoms with van der Waals surface area (Å²) in [5, 5.41) is 0. The quantitative estimate of drug-likeness (QED) is 0.436. The molecule has 8 nitrogen and oxygen atoms in total. The maximum absolute atomic E-state index is 11.8. The van der Waals surface area contributed by atoms with Crippen LogP contribution in [0, 0.1) is 0 Å². The first-order chi connectivity index (χ1) is 13.1. The van der Waals surface area contributed by atoms with Gasteiger partial charge in [0.05, 0.1) is 4.58 Å². The molecule has 4 atom stereocenters. The van der Waals surface area contributed by atoms with Gasteiger partial charge in [0, 0.05) is 20.8 Å². The number of esters is 3. The predicted molar refractivity (Wildman–Crippen MR) is 105 cm³/mol. The molecular weight excluding hydrogens is 408 g/mol. The highest BCUT2D eigenvalue weighted by Crippen LogP contribution is 2.43. The first-order valence-electron chi connectivity index (χ1n) is 9.15. The molecule has 0 aliphatic carbocycles. The summed E-state index contributed by atoms with van der Waals surface area (Å²) < 4.78 is 28.2. The summed E-state index contributed by atoms with van der Waals surface area (Å²) >= 11 is 3.54. The topological polar surface area (TPSA) is 97.4 Å². The van der Waals surface area contributed by atoms with Gasteiger partial charge in [-0.2, -0.15) is 0 Å². The average Bonchev–Trinajstić information content (AvgIpc) is 2.92. The van der Waals surface area contributed by atoms with E-state index in [4.69, 9.17) is 23.7 Å². The van der Waals surface area contributed by atoms with Crippen LogP contribution in [-0.4, -0.2) is 70.8 Å². The molecule has 2 rings (SSSR count). The largest absolute Gasteiger partial charge is 0.462 e. The normalized spacial score (nSPS) is 26.9. The van der Waals surface area contributed by atoms with Crippen molar-refractivity contribution in [3.05, 3.63) is 0 Å². The molecule has 0 N–H and O–H groups in total. The molecule has 0 aromatic heterocycles. The van der Waals surface area contributed by atoms with Crippen LogP contribution in [0.2, 0.25) is 0 Å². The molecule has 2 aliphatic rings. The lowest BCUT2D eigenvalue weighted by Crippen LogP contribution is -2.51. The Morgan fingerprint density at radius 3 is 2.14 bits per heavy atom. The van der Waals surface area contributed by atoms with Gasteiger partial charge in [0.1, 0.15) is 18.8 Å². The van der Waals surface area contributed by atoms with Gasteiger partial charge in [-0.1, -0.05) is 0 Å². The van der Waals surface area contributed by atoms with E-state index in [2.05, 4.69) is 0 Å². The van der Waals surface area contributed by atoms with Crippen molar-refractivity contribution in [3.8, 4) is 0 Å². The Balaban J connectivity index is 2.30. The summed E-state index contributed by atoms with van der Waals surface area (Å²) in [7, 11) is 0. The van der Waals surface area contributed by atoms with Crippen LogP contribution in [0.25, 0.3) is 0 Å². The minimum Gasteiger partial charge on any atom is -0.462 e. The van der Waals surface area contributed by atoms with Crippen molar-refractivity contribution in [2.24, 2.45) is 0 Å². The van der Waals surface area contributed by atoms with Gasteiger partial charge in [-0.15, -0.1) is 23.5 Å². The Morgan fingerprint density at radius 1 is 1.00 bits per heavy atom. The van der Waals surface area contributed by atoms with Crippen LogP contribution in [0.3, 0.4) is 0 Å². The van der Waals surface area contributed by atoms with Crippen molar-refractivity contribution < 1.29 is 38.1 Å². The zero-order valence-electron chi connectivity index (χ0n) is 16.8. The van der Waals surface area contributed by atoms with Crippen LogP contribution in [0.15, 0.2) is 0 Å². The van der Waals surface area contributed by atoms with Gasteiger partial charge in [-0.25, -0.2) is 0 Å². The van der Waals surface area contributed by atoms with E-state index in [1.165, 1.54) is 20.8 Å². The molecule has 0 bridgehead atoms. The molecule has 160 valence electrons. The van der Waals surface area contributed by atoms with E-state index in [0.717, 1.165) is 17.9 Å². The van der Waals surface area contributed by atoms with E-state index in [1.54, 1.807) is 37.4 Å². The standard InChI is InChI=1S/C18H28O8S2/c1-10(19)22-9-13(23-11(2)20)14(24-12(3)21)15-16(26-18(4,5)25-15)17-27-7-6-8-28-17/h13-17H,6-9H2,1-5H3/t13-,14+,15+,16+/m1/s1. The first kappa shape index (κ1) is 23.3. The Bertz CT molecular complexity index is 576. The highest BCUT2D eigenvalue weighted by Gasteiger charge is 2.53. The third-order valence-electron chi connectivity index (χ3n) is 4.05. The van der Waals surface area contributed by atoms with Crippen LogP contribution in [0.1, 0.15) is 41.0 Å². The average molecular weight is 437 g/mol. The molecule has 2 saturated heterocycles. The molecular formula is C18H28O8S2. The maximum Gasteiger partial charge on any atom is 0.303 e. The van der Waals surface area contributed by atoms with Gasteiger partial charge >= 0.3 is 17.9 Å². The van der Waals surface area contributed by atoms with Crippen molar-refractivity contribution in [2.45, 2.75) is 75.8 Å². The second kappa shape index (κ2) is 10.2. The van der Waals surface area contributed by atoms with Crippen LogP contribution >= 0.6 is 23.5 Å². The Labute approximate surface area is 173 Å². The van der Waals surface area contributed by atoms with Gasteiger partial charge in [0.15, 0.2) is 18.0 Å². The fourth-order valence-electron chi connectivity index (χ4n) is 3.13. The fraction of sp³-hybridized carbons (Fsp3) is 0.833. The molecule has 0 amide bonds. The highest BCUT2D eigenvalue weighted by molar-refractivity contribution is 8.17. The van der Waals surface area contributed by atoms with Crippen LogP contribution in [0.5, 0.6) is 0 Å². The summed E-state index contributed by atoms with van der Waals surface area (Å²) in [6.45, 7) is 7.09. The minimum atomic E-state index is -1.01. The van der Waals surface area contributed by atoms with Gasteiger partial charge in [0.2, 0.25) is 0 Å². The maximum atomic E-state index is 11.8. The summed E-state index contributed by atoms with van der Waals surface area (Å²) in [5.74, 6) is -0.550. The second-order valence-corrected chi connectivity index (χ2v) is 9.85. The zero-order valence-corrected chi connectivity index (χ0v) is 18.4. The Morgan fingerprint density at radius 2 is 1.61 bits per heavy atom. The summed E-state index contributed by atoms with van der Waals surface area (Å²) in [5.41, 5.74) is 0. The lowest BCUT2D eigenvalue weighted by molar-refractivity contribution is -0.194. The number of carbonyl (C=O) groups is 3. The summed E-state index contributed by atoms with van der Waals surface area (Å²) in [6, 6.07) is 0. The SMILES string of the molecule is CC(=O)OC[C@@H](OC(C)=O)[C@H](OC(C)=O)[C@@H]1OC(C)(C)O[C@@H]1C1SCCCS1. The fourth-order valence-corrected chi connectivity index (χ4v) is 6.16. The molecule has 10 heteroatoms.